The molecular weight excluding hydrogens is 466 g/mol. The van der Waals surface area contributed by atoms with Crippen LogP contribution >= 0.6 is 0 Å². The first kappa shape index (κ1) is 25.0. The van der Waals surface area contributed by atoms with Crippen LogP contribution in [0, 0.1) is 11.6 Å². The van der Waals surface area contributed by atoms with E-state index in [2.05, 4.69) is 16.0 Å². The SMILES string of the molecule is CN[C@@H](C)C(=O)N[C@H](C(=O)N1Cc2ccccc2C1C(=O)Nc1c(F)cccc1F)c1ccccc1. The first-order chi connectivity index (χ1) is 17.3. The fraction of sp³-hybridized carbons (Fsp3) is 0.222. The summed E-state index contributed by atoms with van der Waals surface area (Å²) < 4.78 is 28.5. The van der Waals surface area contributed by atoms with E-state index in [1.165, 1.54) is 11.0 Å². The lowest BCUT2D eigenvalue weighted by molar-refractivity contribution is -0.142. The van der Waals surface area contributed by atoms with Crippen molar-refractivity contribution in [1.82, 2.24) is 15.5 Å². The Bertz CT molecular complexity index is 1260. The summed E-state index contributed by atoms with van der Waals surface area (Å²) in [5.41, 5.74) is 1.22. The van der Waals surface area contributed by atoms with Gasteiger partial charge in [-0.15, -0.1) is 0 Å². The molecule has 0 aromatic heterocycles. The van der Waals surface area contributed by atoms with E-state index >= 15 is 0 Å². The molecule has 9 heteroatoms. The monoisotopic (exact) mass is 492 g/mol. The molecule has 3 aromatic rings. The highest BCUT2D eigenvalue weighted by atomic mass is 19.1. The first-order valence-electron chi connectivity index (χ1n) is 11.5. The van der Waals surface area contributed by atoms with Crippen molar-refractivity contribution in [2.75, 3.05) is 12.4 Å². The molecule has 3 atom stereocenters. The number of hydrogen-bond donors (Lipinski definition) is 3. The smallest absolute Gasteiger partial charge is 0.252 e. The van der Waals surface area contributed by atoms with Crippen LogP contribution < -0.4 is 16.0 Å². The summed E-state index contributed by atoms with van der Waals surface area (Å²) in [6.07, 6.45) is 0. The summed E-state index contributed by atoms with van der Waals surface area (Å²) in [7, 11) is 1.63. The zero-order valence-electron chi connectivity index (χ0n) is 19.8. The number of likely N-dealkylation sites (N-methyl/N-ethyl adjacent to an activating group) is 1. The quantitative estimate of drug-likeness (QED) is 0.471. The number of para-hydroxylation sites is 1. The number of carbonyl (C=O) groups excluding carboxylic acids is 3. The van der Waals surface area contributed by atoms with Crippen LogP contribution in [0.1, 0.15) is 35.7 Å². The third-order valence-electron chi connectivity index (χ3n) is 6.24. The van der Waals surface area contributed by atoms with Crippen molar-refractivity contribution in [3.8, 4) is 0 Å². The number of amides is 3. The molecule has 0 saturated carbocycles. The molecule has 1 aliphatic heterocycles. The van der Waals surface area contributed by atoms with Crippen molar-refractivity contribution in [2.24, 2.45) is 0 Å². The van der Waals surface area contributed by atoms with Gasteiger partial charge in [-0.3, -0.25) is 14.4 Å². The van der Waals surface area contributed by atoms with Crippen LogP contribution in [0.25, 0.3) is 0 Å². The van der Waals surface area contributed by atoms with Crippen LogP contribution in [-0.4, -0.2) is 35.7 Å². The number of anilines is 1. The van der Waals surface area contributed by atoms with E-state index in [0.717, 1.165) is 17.7 Å². The zero-order valence-corrected chi connectivity index (χ0v) is 19.8. The molecule has 0 radical (unpaired) electrons. The topological polar surface area (TPSA) is 90.5 Å². The fourth-order valence-corrected chi connectivity index (χ4v) is 4.18. The van der Waals surface area contributed by atoms with Crippen LogP contribution in [0.15, 0.2) is 72.8 Å². The molecule has 0 bridgehead atoms. The highest BCUT2D eigenvalue weighted by Gasteiger charge is 2.42. The lowest BCUT2D eigenvalue weighted by Crippen LogP contribution is -2.48. The van der Waals surface area contributed by atoms with Gasteiger partial charge in [-0.2, -0.15) is 0 Å². The van der Waals surface area contributed by atoms with Gasteiger partial charge in [-0.1, -0.05) is 60.7 Å². The minimum atomic E-state index is -1.16. The van der Waals surface area contributed by atoms with Gasteiger partial charge in [-0.05, 0) is 42.8 Å². The van der Waals surface area contributed by atoms with Gasteiger partial charge >= 0.3 is 0 Å². The Morgan fingerprint density at radius 1 is 0.917 bits per heavy atom. The summed E-state index contributed by atoms with van der Waals surface area (Å²) >= 11 is 0. The van der Waals surface area contributed by atoms with Crippen LogP contribution in [0.2, 0.25) is 0 Å². The third-order valence-corrected chi connectivity index (χ3v) is 6.24. The van der Waals surface area contributed by atoms with E-state index < -0.39 is 53.2 Å². The Morgan fingerprint density at radius 3 is 2.22 bits per heavy atom. The average molecular weight is 493 g/mol. The van der Waals surface area contributed by atoms with Crippen molar-refractivity contribution >= 4 is 23.4 Å². The predicted octanol–water partition coefficient (Wildman–Crippen LogP) is 3.45. The largest absolute Gasteiger partial charge is 0.339 e. The molecule has 1 aliphatic rings. The molecule has 0 fully saturated rings. The standard InChI is InChI=1S/C27H26F2N4O3/c1-16(30-2)25(34)31-22(17-9-4-3-5-10-17)27(36)33-15-18-11-6-7-12-19(18)24(33)26(35)32-23-20(28)13-8-14-21(23)29/h3-14,16,22,24,30H,15H2,1-2H3,(H,31,34)(H,32,35)/t16-,22-,24?/m0/s1. The molecule has 0 spiro atoms. The lowest BCUT2D eigenvalue weighted by Gasteiger charge is -2.30. The lowest BCUT2D eigenvalue weighted by atomic mass is 10.0. The van der Waals surface area contributed by atoms with Gasteiger partial charge in [-0.25, -0.2) is 8.78 Å². The summed E-state index contributed by atoms with van der Waals surface area (Å²) in [6, 6.07) is 16.1. The average Bonchev–Trinajstić information content (AvgIpc) is 3.28. The van der Waals surface area contributed by atoms with Crippen molar-refractivity contribution in [3.63, 3.8) is 0 Å². The molecule has 0 saturated heterocycles. The van der Waals surface area contributed by atoms with E-state index in [-0.39, 0.29) is 6.54 Å². The molecule has 7 nitrogen and oxygen atoms in total. The maximum atomic E-state index is 14.3. The minimum Gasteiger partial charge on any atom is -0.339 e. The van der Waals surface area contributed by atoms with Crippen molar-refractivity contribution in [2.45, 2.75) is 31.6 Å². The molecule has 186 valence electrons. The van der Waals surface area contributed by atoms with Gasteiger partial charge in [0, 0.05) is 6.54 Å². The maximum Gasteiger partial charge on any atom is 0.252 e. The van der Waals surface area contributed by atoms with Gasteiger partial charge < -0.3 is 20.9 Å². The Morgan fingerprint density at radius 2 is 1.56 bits per heavy atom. The first-order valence-corrected chi connectivity index (χ1v) is 11.5. The Labute approximate surface area is 207 Å². The van der Waals surface area contributed by atoms with Crippen LogP contribution in [0.3, 0.4) is 0 Å². The Kier molecular flexibility index (Phi) is 7.40. The Balaban J connectivity index is 1.70. The van der Waals surface area contributed by atoms with Crippen molar-refractivity contribution < 1.29 is 23.2 Å². The second kappa shape index (κ2) is 10.7. The summed E-state index contributed by atoms with van der Waals surface area (Å²) in [6.45, 7) is 1.75. The second-order valence-electron chi connectivity index (χ2n) is 8.52. The highest BCUT2D eigenvalue weighted by Crippen LogP contribution is 2.37. The molecule has 3 aromatic carbocycles. The number of fused-ring (bicyclic) bond motifs is 1. The minimum absolute atomic E-state index is 0.0909. The number of hydrogen-bond acceptors (Lipinski definition) is 4. The maximum absolute atomic E-state index is 14.3. The van der Waals surface area contributed by atoms with E-state index in [1.807, 2.05) is 0 Å². The van der Waals surface area contributed by atoms with Crippen LogP contribution in [-0.2, 0) is 20.9 Å². The van der Waals surface area contributed by atoms with Crippen LogP contribution in [0.5, 0.6) is 0 Å². The molecule has 1 heterocycles. The van der Waals surface area contributed by atoms with E-state index in [1.54, 1.807) is 68.6 Å². The number of rotatable bonds is 7. The van der Waals surface area contributed by atoms with Crippen LogP contribution in [0.4, 0.5) is 14.5 Å². The van der Waals surface area contributed by atoms with Crippen molar-refractivity contribution in [1.29, 1.82) is 0 Å². The van der Waals surface area contributed by atoms with Gasteiger partial charge in [0.2, 0.25) is 5.91 Å². The normalized spacial score (nSPS) is 16.1. The Hall–Kier alpha value is -4.11. The summed E-state index contributed by atoms with van der Waals surface area (Å²) in [5.74, 6) is -3.54. The highest BCUT2D eigenvalue weighted by molar-refractivity contribution is 6.00. The summed E-state index contributed by atoms with van der Waals surface area (Å²) in [4.78, 5) is 41.4. The fourth-order valence-electron chi connectivity index (χ4n) is 4.18. The zero-order chi connectivity index (χ0) is 25.8. The van der Waals surface area contributed by atoms with E-state index in [4.69, 9.17) is 0 Å². The molecule has 3 amide bonds. The number of benzene rings is 3. The molecule has 3 N–H and O–H groups in total. The second-order valence-corrected chi connectivity index (χ2v) is 8.52. The van der Waals surface area contributed by atoms with Gasteiger partial charge in [0.15, 0.2) is 0 Å². The summed E-state index contributed by atoms with van der Waals surface area (Å²) in [5, 5.41) is 7.92. The number of nitrogens with zero attached hydrogens (tertiary/aromatic N) is 1. The number of halogens is 2. The van der Waals surface area contributed by atoms with Crippen molar-refractivity contribution in [3.05, 3.63) is 101 Å². The van der Waals surface area contributed by atoms with Gasteiger partial charge in [0.25, 0.3) is 11.8 Å². The number of carbonyl (C=O) groups is 3. The molecule has 0 aliphatic carbocycles. The van der Waals surface area contributed by atoms with Gasteiger partial charge in [0.1, 0.15) is 29.4 Å². The molecule has 36 heavy (non-hydrogen) atoms. The molecule has 1 unspecified atom stereocenters. The van der Waals surface area contributed by atoms with E-state index in [9.17, 15) is 23.2 Å². The van der Waals surface area contributed by atoms with Gasteiger partial charge in [0.05, 0.1) is 6.04 Å². The third kappa shape index (κ3) is 4.96. The predicted molar refractivity (Wildman–Crippen MR) is 131 cm³/mol. The number of nitrogens with one attached hydrogen (secondary N) is 3. The van der Waals surface area contributed by atoms with E-state index in [0.29, 0.717) is 11.1 Å². The molecular formula is C27H26F2N4O3. The molecule has 4 rings (SSSR count).